The molecule has 1 N–H and O–H groups in total. The molecule has 1 aliphatic rings. The molecule has 5 heteroatoms. The van der Waals surface area contributed by atoms with E-state index in [-0.39, 0.29) is 5.92 Å². The summed E-state index contributed by atoms with van der Waals surface area (Å²) in [6.07, 6.45) is -0.209. The molecule has 0 amide bonds. The monoisotopic (exact) mass is 344 g/mol. The van der Waals surface area contributed by atoms with Gasteiger partial charge in [0, 0.05) is 5.92 Å². The highest BCUT2D eigenvalue weighted by atomic mass is 19.4. The van der Waals surface area contributed by atoms with E-state index >= 15 is 0 Å². The van der Waals surface area contributed by atoms with Crippen molar-refractivity contribution in [3.63, 3.8) is 0 Å². The Hall–Kier alpha value is -2.30. The third kappa shape index (κ3) is 3.28. The van der Waals surface area contributed by atoms with Gasteiger partial charge in [-0.15, -0.1) is 0 Å². The summed E-state index contributed by atoms with van der Waals surface area (Å²) in [5.41, 5.74) is 2.41. The van der Waals surface area contributed by atoms with Crippen LogP contribution in [-0.2, 0) is 6.18 Å². The van der Waals surface area contributed by atoms with E-state index in [0.717, 1.165) is 48.1 Å². The molecule has 0 saturated heterocycles. The van der Waals surface area contributed by atoms with Gasteiger partial charge in [-0.25, -0.2) is 4.98 Å². The highest BCUT2D eigenvalue weighted by molar-refractivity contribution is 5.74. The van der Waals surface area contributed by atoms with Crippen LogP contribution in [0.1, 0.15) is 54.5 Å². The van der Waals surface area contributed by atoms with E-state index in [9.17, 15) is 13.2 Å². The SMILES string of the molecule is FC(F)(F)c1ccc([C@@H]2CCC[C@H](c3nc4ccccc4[nH]3)C2)cc1. The molecule has 0 aliphatic heterocycles. The number of imidazole rings is 1. The highest BCUT2D eigenvalue weighted by Crippen LogP contribution is 2.41. The molecule has 25 heavy (non-hydrogen) atoms. The van der Waals surface area contributed by atoms with Crippen LogP contribution in [0, 0.1) is 0 Å². The van der Waals surface area contributed by atoms with Crippen LogP contribution in [0.5, 0.6) is 0 Å². The second kappa shape index (κ2) is 6.21. The maximum absolute atomic E-state index is 12.7. The van der Waals surface area contributed by atoms with Crippen LogP contribution in [0.4, 0.5) is 13.2 Å². The molecule has 0 spiro atoms. The lowest BCUT2D eigenvalue weighted by atomic mass is 9.77. The number of rotatable bonds is 2. The van der Waals surface area contributed by atoms with Crippen molar-refractivity contribution in [2.45, 2.75) is 43.7 Å². The molecule has 1 aliphatic carbocycles. The van der Waals surface area contributed by atoms with Gasteiger partial charge < -0.3 is 4.98 Å². The Labute approximate surface area is 144 Å². The summed E-state index contributed by atoms with van der Waals surface area (Å²) < 4.78 is 38.2. The maximum atomic E-state index is 12.7. The average molecular weight is 344 g/mol. The Morgan fingerprint density at radius 2 is 1.64 bits per heavy atom. The first-order valence-electron chi connectivity index (χ1n) is 8.62. The summed E-state index contributed by atoms with van der Waals surface area (Å²) in [5.74, 6) is 1.61. The quantitative estimate of drug-likeness (QED) is 0.605. The third-order valence-corrected chi connectivity index (χ3v) is 5.18. The Morgan fingerprint density at radius 1 is 0.920 bits per heavy atom. The van der Waals surface area contributed by atoms with Gasteiger partial charge in [-0.1, -0.05) is 30.7 Å². The molecule has 0 unspecified atom stereocenters. The predicted molar refractivity (Wildman–Crippen MR) is 91.5 cm³/mol. The van der Waals surface area contributed by atoms with Gasteiger partial charge in [0.05, 0.1) is 16.6 Å². The van der Waals surface area contributed by atoms with Gasteiger partial charge in [0.15, 0.2) is 0 Å². The number of nitrogens with zero attached hydrogens (tertiary/aromatic N) is 1. The van der Waals surface area contributed by atoms with Crippen LogP contribution in [0.3, 0.4) is 0 Å². The lowest BCUT2D eigenvalue weighted by molar-refractivity contribution is -0.137. The van der Waals surface area contributed by atoms with Crippen molar-refractivity contribution in [1.82, 2.24) is 9.97 Å². The fourth-order valence-electron chi connectivity index (χ4n) is 3.85. The molecule has 0 bridgehead atoms. The van der Waals surface area contributed by atoms with Crippen LogP contribution in [-0.4, -0.2) is 9.97 Å². The number of hydrogen-bond acceptors (Lipinski definition) is 1. The van der Waals surface area contributed by atoms with Gasteiger partial charge in [0.25, 0.3) is 0 Å². The van der Waals surface area contributed by atoms with Gasteiger partial charge in [0.1, 0.15) is 5.82 Å². The maximum Gasteiger partial charge on any atom is 0.416 e. The van der Waals surface area contributed by atoms with Crippen molar-refractivity contribution in [3.05, 3.63) is 65.5 Å². The molecule has 3 aromatic rings. The molecule has 2 nitrogen and oxygen atoms in total. The minimum absolute atomic E-state index is 0.286. The van der Waals surface area contributed by atoms with Gasteiger partial charge in [-0.3, -0.25) is 0 Å². The summed E-state index contributed by atoms with van der Waals surface area (Å²) in [6, 6.07) is 13.6. The normalized spacial score (nSPS) is 21.6. The Bertz CT molecular complexity index is 832. The zero-order valence-corrected chi connectivity index (χ0v) is 13.7. The lowest BCUT2D eigenvalue weighted by Gasteiger charge is -2.28. The number of hydrogen-bond donors (Lipinski definition) is 1. The number of benzene rings is 2. The first-order valence-corrected chi connectivity index (χ1v) is 8.62. The largest absolute Gasteiger partial charge is 0.416 e. The molecule has 1 aromatic heterocycles. The van der Waals surface area contributed by atoms with Crippen LogP contribution in [0.2, 0.25) is 0 Å². The van der Waals surface area contributed by atoms with Crippen molar-refractivity contribution in [2.24, 2.45) is 0 Å². The van der Waals surface area contributed by atoms with Crippen molar-refractivity contribution in [2.75, 3.05) is 0 Å². The molecule has 2 atom stereocenters. The topological polar surface area (TPSA) is 28.7 Å². The molecule has 130 valence electrons. The Balaban J connectivity index is 1.54. The van der Waals surface area contributed by atoms with Gasteiger partial charge in [0.2, 0.25) is 0 Å². The summed E-state index contributed by atoms with van der Waals surface area (Å²) in [7, 11) is 0. The minimum atomic E-state index is -4.28. The molecular formula is C20H19F3N2. The van der Waals surface area contributed by atoms with E-state index in [1.807, 2.05) is 24.3 Å². The van der Waals surface area contributed by atoms with E-state index < -0.39 is 11.7 Å². The van der Waals surface area contributed by atoms with E-state index in [1.54, 1.807) is 12.1 Å². The number of fused-ring (bicyclic) bond motifs is 1. The van der Waals surface area contributed by atoms with Crippen LogP contribution >= 0.6 is 0 Å². The standard InChI is InChI=1S/C20H19F3N2/c21-20(22,23)16-10-8-13(9-11-16)14-4-3-5-15(12-14)19-24-17-6-1-2-7-18(17)25-19/h1-2,6-11,14-15H,3-5,12H2,(H,24,25)/t14-,15+/m1/s1. The number of nitrogens with one attached hydrogen (secondary N) is 1. The summed E-state index contributed by atoms with van der Waals surface area (Å²) >= 11 is 0. The molecule has 1 heterocycles. The molecule has 4 rings (SSSR count). The van der Waals surface area contributed by atoms with E-state index in [1.165, 1.54) is 12.1 Å². The summed E-state index contributed by atoms with van der Waals surface area (Å²) in [4.78, 5) is 8.11. The Kier molecular flexibility index (Phi) is 4.02. The molecule has 1 saturated carbocycles. The number of para-hydroxylation sites is 2. The second-order valence-electron chi connectivity index (χ2n) is 6.82. The zero-order chi connectivity index (χ0) is 17.4. The zero-order valence-electron chi connectivity index (χ0n) is 13.7. The average Bonchev–Trinajstić information content (AvgIpc) is 3.05. The van der Waals surface area contributed by atoms with Crippen molar-refractivity contribution in [3.8, 4) is 0 Å². The van der Waals surface area contributed by atoms with Crippen LogP contribution in [0.15, 0.2) is 48.5 Å². The highest BCUT2D eigenvalue weighted by Gasteiger charge is 2.31. The molecule has 2 aromatic carbocycles. The van der Waals surface area contributed by atoms with Crippen molar-refractivity contribution >= 4 is 11.0 Å². The van der Waals surface area contributed by atoms with E-state index in [0.29, 0.717) is 5.92 Å². The van der Waals surface area contributed by atoms with Crippen molar-refractivity contribution in [1.29, 1.82) is 0 Å². The first-order chi connectivity index (χ1) is 12.0. The molecular weight excluding hydrogens is 325 g/mol. The summed E-state index contributed by atoms with van der Waals surface area (Å²) in [6.45, 7) is 0. The van der Waals surface area contributed by atoms with E-state index in [2.05, 4.69) is 4.98 Å². The summed E-state index contributed by atoms with van der Waals surface area (Å²) in [5, 5.41) is 0. The first kappa shape index (κ1) is 16.2. The van der Waals surface area contributed by atoms with Gasteiger partial charge in [-0.05, 0) is 55.0 Å². The fourth-order valence-corrected chi connectivity index (χ4v) is 3.85. The fraction of sp³-hybridized carbons (Fsp3) is 0.350. The number of aromatic nitrogens is 2. The second-order valence-corrected chi connectivity index (χ2v) is 6.82. The van der Waals surface area contributed by atoms with Crippen LogP contribution < -0.4 is 0 Å². The number of aromatic amines is 1. The minimum Gasteiger partial charge on any atom is -0.342 e. The predicted octanol–water partition coefficient (Wildman–Crippen LogP) is 6.02. The van der Waals surface area contributed by atoms with E-state index in [4.69, 9.17) is 4.98 Å². The third-order valence-electron chi connectivity index (χ3n) is 5.18. The van der Waals surface area contributed by atoms with Gasteiger partial charge >= 0.3 is 6.18 Å². The molecule has 1 fully saturated rings. The number of halogens is 3. The Morgan fingerprint density at radius 3 is 2.36 bits per heavy atom. The lowest BCUT2D eigenvalue weighted by Crippen LogP contribution is -2.14. The number of H-pyrrole nitrogens is 1. The number of alkyl halides is 3. The smallest absolute Gasteiger partial charge is 0.342 e. The van der Waals surface area contributed by atoms with Crippen LogP contribution in [0.25, 0.3) is 11.0 Å². The van der Waals surface area contributed by atoms with Gasteiger partial charge in [-0.2, -0.15) is 13.2 Å². The van der Waals surface area contributed by atoms with Crippen molar-refractivity contribution < 1.29 is 13.2 Å². The molecule has 0 radical (unpaired) electrons.